The summed E-state index contributed by atoms with van der Waals surface area (Å²) in [7, 11) is -0.344. The maximum absolute atomic E-state index is 5.94. The highest BCUT2D eigenvalue weighted by Gasteiger charge is 2.49. The minimum atomic E-state index is -0.344. The molecule has 1 aliphatic heterocycles. The quantitative estimate of drug-likeness (QED) is 0.774. The van der Waals surface area contributed by atoms with Crippen LogP contribution >= 0.6 is 11.6 Å². The Morgan fingerprint density at radius 1 is 1.21 bits per heavy atom. The molecule has 1 aromatic heterocycles. The molecule has 0 amide bonds. The van der Waals surface area contributed by atoms with Crippen LogP contribution in [0, 0.1) is 6.92 Å². The Balaban J connectivity index is 2.15. The van der Waals surface area contributed by atoms with Crippen LogP contribution in [0.25, 0.3) is 6.08 Å². The second kappa shape index (κ2) is 4.93. The van der Waals surface area contributed by atoms with Gasteiger partial charge in [-0.05, 0) is 46.2 Å². The highest BCUT2D eigenvalue weighted by atomic mass is 35.5. The van der Waals surface area contributed by atoms with E-state index in [-0.39, 0.29) is 18.3 Å². The van der Waals surface area contributed by atoms with Crippen molar-refractivity contribution in [1.82, 2.24) is 4.98 Å². The number of nitrogens with zero attached hydrogens (tertiary/aromatic N) is 1. The molecule has 0 aromatic carbocycles. The van der Waals surface area contributed by atoms with Crippen LogP contribution in [-0.2, 0) is 9.31 Å². The molecule has 0 bridgehead atoms. The first-order valence-corrected chi connectivity index (χ1v) is 6.75. The normalized spacial score (nSPS) is 21.3. The molecule has 0 saturated carbocycles. The highest BCUT2D eigenvalue weighted by molar-refractivity contribution is 6.52. The van der Waals surface area contributed by atoms with Gasteiger partial charge in [0.05, 0.1) is 16.2 Å². The van der Waals surface area contributed by atoms with E-state index >= 15 is 0 Å². The minimum absolute atomic E-state index is 0.316. The zero-order valence-corrected chi connectivity index (χ0v) is 12.8. The number of halogens is 1. The highest BCUT2D eigenvalue weighted by Crippen LogP contribution is 2.37. The van der Waals surface area contributed by atoms with E-state index < -0.39 is 0 Å². The molecule has 0 atom stereocenters. The zero-order chi connectivity index (χ0) is 14.3. The fourth-order valence-electron chi connectivity index (χ4n) is 1.84. The van der Waals surface area contributed by atoms with Crippen LogP contribution in [0.4, 0.5) is 0 Å². The Kier molecular flexibility index (Phi) is 3.78. The summed E-state index contributed by atoms with van der Waals surface area (Å²) < 4.78 is 11.8. The maximum Gasteiger partial charge on any atom is 0.487 e. The predicted molar refractivity (Wildman–Crippen MR) is 79.1 cm³/mol. The van der Waals surface area contributed by atoms with Crippen molar-refractivity contribution in [3.63, 3.8) is 0 Å². The van der Waals surface area contributed by atoms with Gasteiger partial charge in [0.25, 0.3) is 0 Å². The van der Waals surface area contributed by atoms with Gasteiger partial charge in [-0.25, -0.2) is 0 Å². The molecule has 1 aliphatic rings. The molecule has 2 heterocycles. The summed E-state index contributed by atoms with van der Waals surface area (Å²) in [5.41, 5.74) is 1.27. The Labute approximate surface area is 120 Å². The van der Waals surface area contributed by atoms with Crippen molar-refractivity contribution >= 4 is 24.8 Å². The van der Waals surface area contributed by atoms with E-state index in [4.69, 9.17) is 20.9 Å². The summed E-state index contributed by atoms with van der Waals surface area (Å²) in [6, 6.07) is 1.88. The van der Waals surface area contributed by atoms with Crippen LogP contribution < -0.4 is 0 Å². The first-order chi connectivity index (χ1) is 8.71. The van der Waals surface area contributed by atoms with Gasteiger partial charge in [-0.2, -0.15) is 0 Å². The fourth-order valence-corrected chi connectivity index (χ4v) is 2.01. The van der Waals surface area contributed by atoms with Crippen molar-refractivity contribution in [2.24, 2.45) is 0 Å². The summed E-state index contributed by atoms with van der Waals surface area (Å²) in [5.74, 6) is 1.90. The Hall–Kier alpha value is -0.835. The molecule has 0 aliphatic carbocycles. The summed E-state index contributed by atoms with van der Waals surface area (Å²) >= 11 is 5.94. The van der Waals surface area contributed by atoms with Crippen molar-refractivity contribution in [2.45, 2.75) is 45.8 Å². The number of rotatable bonds is 2. The van der Waals surface area contributed by atoms with Crippen molar-refractivity contribution in [2.75, 3.05) is 0 Å². The van der Waals surface area contributed by atoms with E-state index in [2.05, 4.69) is 4.98 Å². The van der Waals surface area contributed by atoms with Crippen molar-refractivity contribution in [3.8, 4) is 0 Å². The van der Waals surface area contributed by atoms with Gasteiger partial charge in [-0.3, -0.25) is 4.98 Å². The summed E-state index contributed by atoms with van der Waals surface area (Å²) in [5, 5.41) is 0.624. The Bertz CT molecular complexity index is 498. The smallest absolute Gasteiger partial charge is 0.400 e. The number of hydrogen-bond donors (Lipinski definition) is 0. The SMILES string of the molecule is Cc1ncc(Cl)cc1/C=C/B1OC(C)(C)C(C)(C)O1. The van der Waals surface area contributed by atoms with Gasteiger partial charge in [-0.15, -0.1) is 0 Å². The minimum Gasteiger partial charge on any atom is -0.400 e. The Morgan fingerprint density at radius 2 is 1.79 bits per heavy atom. The van der Waals surface area contributed by atoms with Crippen LogP contribution in [0.1, 0.15) is 39.0 Å². The van der Waals surface area contributed by atoms with E-state index in [0.717, 1.165) is 11.3 Å². The molecule has 1 saturated heterocycles. The second-order valence-electron chi connectivity index (χ2n) is 5.81. The number of aromatic nitrogens is 1. The third-order valence-electron chi connectivity index (χ3n) is 3.80. The van der Waals surface area contributed by atoms with Crippen LogP contribution in [0.2, 0.25) is 5.02 Å². The second-order valence-corrected chi connectivity index (χ2v) is 6.25. The van der Waals surface area contributed by atoms with Crippen molar-refractivity contribution < 1.29 is 9.31 Å². The molecular formula is C14H19BClNO2. The van der Waals surface area contributed by atoms with Gasteiger partial charge in [0, 0.05) is 11.9 Å². The number of aryl methyl sites for hydroxylation is 1. The lowest BCUT2D eigenvalue weighted by Gasteiger charge is -2.32. The molecule has 2 rings (SSSR count). The zero-order valence-electron chi connectivity index (χ0n) is 12.0. The van der Waals surface area contributed by atoms with Crippen molar-refractivity contribution in [1.29, 1.82) is 0 Å². The lowest BCUT2D eigenvalue weighted by Crippen LogP contribution is -2.41. The number of hydrogen-bond acceptors (Lipinski definition) is 3. The van der Waals surface area contributed by atoms with E-state index in [1.54, 1.807) is 6.20 Å². The molecule has 1 aromatic rings. The van der Waals surface area contributed by atoms with E-state index in [0.29, 0.717) is 5.02 Å². The molecule has 1 fully saturated rings. The largest absolute Gasteiger partial charge is 0.487 e. The fraction of sp³-hybridized carbons (Fsp3) is 0.500. The monoisotopic (exact) mass is 279 g/mol. The van der Waals surface area contributed by atoms with Crippen molar-refractivity contribution in [3.05, 3.63) is 34.5 Å². The standard InChI is InChI=1S/C14H19BClNO2/c1-10-11(8-12(16)9-17-10)6-7-15-18-13(2,3)14(4,5)19-15/h6-9H,1-5H3/b7-6+. The van der Waals surface area contributed by atoms with Gasteiger partial charge in [-0.1, -0.05) is 23.7 Å². The Morgan fingerprint density at radius 3 is 2.37 bits per heavy atom. The van der Waals surface area contributed by atoms with E-state index in [1.165, 1.54) is 0 Å². The number of pyridine rings is 1. The van der Waals surface area contributed by atoms with Gasteiger partial charge >= 0.3 is 7.12 Å². The molecule has 5 heteroatoms. The molecular weight excluding hydrogens is 260 g/mol. The molecule has 0 spiro atoms. The van der Waals surface area contributed by atoms with Gasteiger partial charge in [0.2, 0.25) is 0 Å². The molecule has 0 radical (unpaired) electrons. The molecule has 19 heavy (non-hydrogen) atoms. The maximum atomic E-state index is 5.94. The van der Waals surface area contributed by atoms with Crippen LogP contribution in [-0.4, -0.2) is 23.3 Å². The topological polar surface area (TPSA) is 31.4 Å². The van der Waals surface area contributed by atoms with Gasteiger partial charge in [0.1, 0.15) is 0 Å². The third kappa shape index (κ3) is 3.02. The average Bonchev–Trinajstić information content (AvgIpc) is 2.49. The van der Waals surface area contributed by atoms with Crippen LogP contribution in [0.15, 0.2) is 18.2 Å². The van der Waals surface area contributed by atoms with Crippen LogP contribution in [0.3, 0.4) is 0 Å². The van der Waals surface area contributed by atoms with Gasteiger partial charge in [0.15, 0.2) is 0 Å². The summed E-state index contributed by atoms with van der Waals surface area (Å²) in [4.78, 5) is 4.22. The third-order valence-corrected chi connectivity index (χ3v) is 4.00. The molecule has 3 nitrogen and oxygen atoms in total. The summed E-state index contributed by atoms with van der Waals surface area (Å²) in [6.45, 7) is 10.1. The lowest BCUT2D eigenvalue weighted by molar-refractivity contribution is 0.00578. The lowest BCUT2D eigenvalue weighted by atomic mass is 9.89. The molecule has 0 N–H and O–H groups in total. The van der Waals surface area contributed by atoms with Gasteiger partial charge < -0.3 is 9.31 Å². The average molecular weight is 280 g/mol. The predicted octanol–water partition coefficient (Wildman–Crippen LogP) is 3.69. The van der Waals surface area contributed by atoms with Crippen LogP contribution in [0.5, 0.6) is 0 Å². The van der Waals surface area contributed by atoms with E-state index in [1.807, 2.05) is 52.7 Å². The van der Waals surface area contributed by atoms with E-state index in [9.17, 15) is 0 Å². The molecule has 0 unspecified atom stereocenters. The first kappa shape index (κ1) is 14.6. The first-order valence-electron chi connectivity index (χ1n) is 6.37. The molecule has 102 valence electrons. The summed E-state index contributed by atoms with van der Waals surface area (Å²) in [6.07, 6.45) is 3.58.